The van der Waals surface area contributed by atoms with Crippen LogP contribution in [-0.4, -0.2) is 14.6 Å². The van der Waals surface area contributed by atoms with Crippen LogP contribution >= 0.6 is 0 Å². The molecule has 1 N–H and O–H groups in total. The van der Waals surface area contributed by atoms with Crippen molar-refractivity contribution in [3.8, 4) is 6.07 Å². The van der Waals surface area contributed by atoms with Crippen molar-refractivity contribution < 1.29 is 0 Å². The minimum atomic E-state index is -0.0741. The third-order valence-corrected chi connectivity index (χ3v) is 3.51. The van der Waals surface area contributed by atoms with Crippen LogP contribution < -0.4 is 5.56 Å². The Morgan fingerprint density at radius 1 is 1.29 bits per heavy atom. The summed E-state index contributed by atoms with van der Waals surface area (Å²) >= 11 is 0. The zero-order valence-corrected chi connectivity index (χ0v) is 11.8. The molecule has 1 aromatic carbocycles. The number of fused-ring (bicyclic) bond motifs is 1. The molecule has 5 nitrogen and oxygen atoms in total. The lowest BCUT2D eigenvalue weighted by atomic mass is 10.0. The van der Waals surface area contributed by atoms with Crippen molar-refractivity contribution in [2.24, 2.45) is 0 Å². The Morgan fingerprint density at radius 3 is 2.67 bits per heavy atom. The predicted octanol–water partition coefficient (Wildman–Crippen LogP) is 2.10. The second kappa shape index (κ2) is 4.91. The van der Waals surface area contributed by atoms with Crippen LogP contribution in [0.4, 0.5) is 0 Å². The van der Waals surface area contributed by atoms with Gasteiger partial charge < -0.3 is 0 Å². The van der Waals surface area contributed by atoms with Crippen molar-refractivity contribution in [1.29, 1.82) is 5.26 Å². The van der Waals surface area contributed by atoms with Crippen LogP contribution in [0, 0.1) is 25.2 Å². The summed E-state index contributed by atoms with van der Waals surface area (Å²) in [6, 6.07) is 11.2. The SMILES string of the molecule is Cc1cc2nc(C)c(Cc3ccc(C#N)cc3)c(=O)n2[nH]1. The molecule has 5 heteroatoms. The van der Waals surface area contributed by atoms with E-state index in [0.29, 0.717) is 23.2 Å². The lowest BCUT2D eigenvalue weighted by molar-refractivity contribution is 0.847. The Bertz CT molecular complexity index is 910. The van der Waals surface area contributed by atoms with Crippen LogP contribution in [0.1, 0.15) is 28.1 Å². The molecule has 0 bridgehead atoms. The van der Waals surface area contributed by atoms with Gasteiger partial charge in [0.05, 0.1) is 11.6 Å². The third kappa shape index (κ3) is 2.32. The van der Waals surface area contributed by atoms with Gasteiger partial charge in [-0.25, -0.2) is 9.50 Å². The van der Waals surface area contributed by atoms with Gasteiger partial charge >= 0.3 is 0 Å². The highest BCUT2D eigenvalue weighted by molar-refractivity contribution is 5.42. The number of H-pyrrole nitrogens is 1. The molecule has 0 aliphatic carbocycles. The van der Waals surface area contributed by atoms with Crippen LogP contribution in [0.2, 0.25) is 0 Å². The maximum Gasteiger partial charge on any atom is 0.276 e. The molecule has 3 aromatic rings. The number of hydrogen-bond donors (Lipinski definition) is 1. The Kier molecular flexibility index (Phi) is 3.07. The molecule has 2 heterocycles. The van der Waals surface area contributed by atoms with Gasteiger partial charge in [0.2, 0.25) is 0 Å². The molecule has 0 saturated heterocycles. The van der Waals surface area contributed by atoms with Crippen LogP contribution in [0.3, 0.4) is 0 Å². The maximum absolute atomic E-state index is 12.5. The van der Waals surface area contributed by atoms with E-state index in [4.69, 9.17) is 5.26 Å². The quantitative estimate of drug-likeness (QED) is 0.780. The number of aromatic amines is 1. The zero-order valence-electron chi connectivity index (χ0n) is 11.8. The summed E-state index contributed by atoms with van der Waals surface area (Å²) in [5, 5.41) is 11.8. The Hall–Kier alpha value is -2.87. The summed E-state index contributed by atoms with van der Waals surface area (Å²) in [7, 11) is 0. The third-order valence-electron chi connectivity index (χ3n) is 3.51. The number of hydrogen-bond acceptors (Lipinski definition) is 3. The Balaban J connectivity index is 2.07. The predicted molar refractivity (Wildman–Crippen MR) is 79.2 cm³/mol. The van der Waals surface area contributed by atoms with E-state index in [2.05, 4.69) is 16.2 Å². The molecular formula is C16H14N4O. The van der Waals surface area contributed by atoms with Gasteiger partial charge in [0.1, 0.15) is 0 Å². The van der Waals surface area contributed by atoms with Gasteiger partial charge in [-0.2, -0.15) is 5.26 Å². The molecule has 2 aromatic heterocycles. The van der Waals surface area contributed by atoms with E-state index >= 15 is 0 Å². The molecule has 104 valence electrons. The first-order valence-corrected chi connectivity index (χ1v) is 6.65. The number of aromatic nitrogens is 3. The van der Waals surface area contributed by atoms with E-state index in [0.717, 1.165) is 17.0 Å². The normalized spacial score (nSPS) is 10.7. The van der Waals surface area contributed by atoms with Gasteiger partial charge in [0.15, 0.2) is 5.65 Å². The average Bonchev–Trinajstić information content (AvgIpc) is 2.85. The fourth-order valence-electron chi connectivity index (χ4n) is 2.39. The highest BCUT2D eigenvalue weighted by Crippen LogP contribution is 2.11. The Morgan fingerprint density at radius 2 is 2.00 bits per heavy atom. The highest BCUT2D eigenvalue weighted by atomic mass is 16.1. The molecule has 21 heavy (non-hydrogen) atoms. The molecular weight excluding hydrogens is 264 g/mol. The first kappa shape index (κ1) is 13.1. The van der Waals surface area contributed by atoms with Crippen molar-refractivity contribution in [1.82, 2.24) is 14.6 Å². The van der Waals surface area contributed by atoms with E-state index in [1.807, 2.05) is 32.0 Å². The zero-order chi connectivity index (χ0) is 15.0. The topological polar surface area (TPSA) is 73.9 Å². The summed E-state index contributed by atoms with van der Waals surface area (Å²) < 4.78 is 1.47. The molecule has 0 spiro atoms. The van der Waals surface area contributed by atoms with E-state index in [1.165, 1.54) is 4.52 Å². The molecule has 0 fully saturated rings. The minimum absolute atomic E-state index is 0.0741. The molecule has 0 unspecified atom stereocenters. The van der Waals surface area contributed by atoms with Crippen LogP contribution in [0.5, 0.6) is 0 Å². The molecule has 0 amide bonds. The van der Waals surface area contributed by atoms with E-state index in [-0.39, 0.29) is 5.56 Å². The summed E-state index contributed by atoms with van der Waals surface area (Å²) in [6.45, 7) is 3.74. The van der Waals surface area contributed by atoms with Crippen molar-refractivity contribution >= 4 is 5.65 Å². The van der Waals surface area contributed by atoms with Gasteiger partial charge in [-0.05, 0) is 31.5 Å². The van der Waals surface area contributed by atoms with Gasteiger partial charge in [-0.3, -0.25) is 9.89 Å². The smallest absolute Gasteiger partial charge is 0.276 e. The number of nitriles is 1. The molecule has 0 aliphatic heterocycles. The standard InChI is InChI=1S/C16H14N4O/c1-10-7-15-18-11(2)14(16(21)20(15)19-10)8-12-3-5-13(9-17)6-4-12/h3-7,19H,8H2,1-2H3. The average molecular weight is 278 g/mol. The fraction of sp³-hybridized carbons (Fsp3) is 0.188. The summed E-state index contributed by atoms with van der Waals surface area (Å²) in [5.74, 6) is 0. The maximum atomic E-state index is 12.5. The van der Waals surface area contributed by atoms with Crippen molar-refractivity contribution in [2.75, 3.05) is 0 Å². The highest BCUT2D eigenvalue weighted by Gasteiger charge is 2.11. The molecule has 0 aliphatic rings. The van der Waals surface area contributed by atoms with Crippen LogP contribution in [0.15, 0.2) is 35.1 Å². The van der Waals surface area contributed by atoms with Gasteiger partial charge in [-0.15, -0.1) is 0 Å². The molecule has 3 rings (SSSR count). The number of aryl methyl sites for hydroxylation is 2. The Labute approximate surface area is 121 Å². The van der Waals surface area contributed by atoms with E-state index in [1.54, 1.807) is 12.1 Å². The second-order valence-corrected chi connectivity index (χ2v) is 5.10. The van der Waals surface area contributed by atoms with Crippen LogP contribution in [0.25, 0.3) is 5.65 Å². The largest absolute Gasteiger partial charge is 0.294 e. The number of benzene rings is 1. The second-order valence-electron chi connectivity index (χ2n) is 5.10. The van der Waals surface area contributed by atoms with Gasteiger partial charge in [0, 0.05) is 29.4 Å². The number of nitrogens with zero attached hydrogens (tertiary/aromatic N) is 3. The van der Waals surface area contributed by atoms with Crippen molar-refractivity contribution in [3.05, 3.63) is 68.8 Å². The van der Waals surface area contributed by atoms with E-state index in [9.17, 15) is 4.79 Å². The van der Waals surface area contributed by atoms with Crippen LogP contribution in [-0.2, 0) is 6.42 Å². The van der Waals surface area contributed by atoms with E-state index < -0.39 is 0 Å². The summed E-state index contributed by atoms with van der Waals surface area (Å²) in [5.41, 5.74) is 4.46. The molecule has 0 radical (unpaired) electrons. The number of nitrogens with one attached hydrogen (secondary N) is 1. The van der Waals surface area contributed by atoms with Crippen molar-refractivity contribution in [2.45, 2.75) is 20.3 Å². The summed E-state index contributed by atoms with van der Waals surface area (Å²) in [6.07, 6.45) is 0.504. The van der Waals surface area contributed by atoms with Gasteiger partial charge in [-0.1, -0.05) is 12.1 Å². The minimum Gasteiger partial charge on any atom is -0.294 e. The number of rotatable bonds is 2. The fourth-order valence-corrected chi connectivity index (χ4v) is 2.39. The lowest BCUT2D eigenvalue weighted by Gasteiger charge is -2.05. The lowest BCUT2D eigenvalue weighted by Crippen LogP contribution is -2.22. The summed E-state index contributed by atoms with van der Waals surface area (Å²) in [4.78, 5) is 17.0. The first-order chi connectivity index (χ1) is 10.1. The molecule has 0 saturated carbocycles. The van der Waals surface area contributed by atoms with Crippen molar-refractivity contribution in [3.63, 3.8) is 0 Å². The molecule has 0 atom stereocenters. The first-order valence-electron chi connectivity index (χ1n) is 6.65. The van der Waals surface area contributed by atoms with Gasteiger partial charge in [0.25, 0.3) is 5.56 Å². The monoisotopic (exact) mass is 278 g/mol.